The van der Waals surface area contributed by atoms with Crippen LogP contribution in [0, 0.1) is 0 Å². The quantitative estimate of drug-likeness (QED) is 0.194. The number of benzene rings is 7. The van der Waals surface area contributed by atoms with E-state index in [0.717, 1.165) is 0 Å². The fourth-order valence-electron chi connectivity index (χ4n) is 7.34. The molecule has 0 radical (unpaired) electrons. The molecule has 10 aromatic rings. The van der Waals surface area contributed by atoms with E-state index in [9.17, 15) is 0 Å². The molecule has 2 nitrogen and oxygen atoms in total. The Morgan fingerprint density at radius 3 is 1.76 bits per heavy atom. The lowest BCUT2D eigenvalue weighted by atomic mass is 10.0. The van der Waals surface area contributed by atoms with Crippen molar-refractivity contribution in [2.24, 2.45) is 0 Å². The predicted molar refractivity (Wildman–Crippen MR) is 193 cm³/mol. The van der Waals surface area contributed by atoms with Gasteiger partial charge in [0.1, 0.15) is 0 Å². The second-order valence-electron chi connectivity index (χ2n) is 11.8. The van der Waals surface area contributed by atoms with Crippen molar-refractivity contribution < 1.29 is 0 Å². The molecule has 10 rings (SSSR count). The predicted octanol–water partition coefficient (Wildman–Crippen LogP) is 11.9. The molecule has 0 spiro atoms. The van der Waals surface area contributed by atoms with Gasteiger partial charge in [0.15, 0.2) is 0 Å². The van der Waals surface area contributed by atoms with E-state index < -0.39 is 0 Å². The van der Waals surface area contributed by atoms with E-state index in [1.54, 1.807) is 0 Å². The number of thiophene rings is 1. The molecule has 7 aromatic carbocycles. The van der Waals surface area contributed by atoms with Crippen LogP contribution in [0.2, 0.25) is 0 Å². The molecule has 45 heavy (non-hydrogen) atoms. The molecular formula is C42H26N2S. The minimum absolute atomic E-state index is 1.18. The summed E-state index contributed by atoms with van der Waals surface area (Å²) in [5.41, 5.74) is 9.76. The monoisotopic (exact) mass is 590 g/mol. The molecule has 0 N–H and O–H groups in total. The molecule has 0 aliphatic carbocycles. The number of rotatable bonds is 3. The van der Waals surface area contributed by atoms with Crippen molar-refractivity contribution in [3.63, 3.8) is 0 Å². The molecule has 3 heteroatoms. The Kier molecular flexibility index (Phi) is 5.19. The average molecular weight is 591 g/mol. The van der Waals surface area contributed by atoms with Crippen LogP contribution in [-0.2, 0) is 0 Å². The van der Waals surface area contributed by atoms with Crippen LogP contribution >= 0.6 is 11.3 Å². The number of hydrogen-bond donors (Lipinski definition) is 0. The Balaban J connectivity index is 1.17. The van der Waals surface area contributed by atoms with Crippen LogP contribution in [0.1, 0.15) is 0 Å². The van der Waals surface area contributed by atoms with Crippen LogP contribution in [-0.4, -0.2) is 9.13 Å². The second kappa shape index (κ2) is 9.43. The largest absolute Gasteiger partial charge is 0.309 e. The van der Waals surface area contributed by atoms with Crippen molar-refractivity contribution in [2.75, 3.05) is 0 Å². The van der Waals surface area contributed by atoms with Crippen LogP contribution in [0.5, 0.6) is 0 Å². The second-order valence-corrected chi connectivity index (χ2v) is 12.8. The maximum atomic E-state index is 2.46. The summed E-state index contributed by atoms with van der Waals surface area (Å²) in [4.78, 5) is 0. The topological polar surface area (TPSA) is 9.86 Å². The van der Waals surface area contributed by atoms with E-state index in [4.69, 9.17) is 0 Å². The van der Waals surface area contributed by atoms with E-state index in [1.807, 2.05) is 11.3 Å². The Labute approximate surface area is 263 Å². The first-order chi connectivity index (χ1) is 22.3. The number of fused-ring (bicyclic) bond motifs is 10. The van der Waals surface area contributed by atoms with Crippen molar-refractivity contribution in [1.82, 2.24) is 9.13 Å². The van der Waals surface area contributed by atoms with E-state index in [-0.39, 0.29) is 0 Å². The first-order valence-corrected chi connectivity index (χ1v) is 16.2. The number of nitrogens with zero attached hydrogens (tertiary/aromatic N) is 2. The van der Waals surface area contributed by atoms with Crippen molar-refractivity contribution in [1.29, 1.82) is 0 Å². The highest BCUT2D eigenvalue weighted by atomic mass is 32.1. The van der Waals surface area contributed by atoms with Gasteiger partial charge in [-0.15, -0.1) is 11.3 Å². The van der Waals surface area contributed by atoms with Gasteiger partial charge in [-0.25, -0.2) is 0 Å². The lowest BCUT2D eigenvalue weighted by molar-refractivity contribution is 1.18. The van der Waals surface area contributed by atoms with Crippen LogP contribution in [0.3, 0.4) is 0 Å². The first kappa shape index (κ1) is 24.8. The normalized spacial score (nSPS) is 12.0. The molecule has 0 unspecified atom stereocenters. The van der Waals surface area contributed by atoms with Gasteiger partial charge in [-0.05, 0) is 71.8 Å². The van der Waals surface area contributed by atoms with Crippen LogP contribution < -0.4 is 0 Å². The van der Waals surface area contributed by atoms with Gasteiger partial charge in [-0.2, -0.15) is 0 Å². The van der Waals surface area contributed by atoms with Gasteiger partial charge in [0, 0.05) is 53.1 Å². The zero-order valence-corrected chi connectivity index (χ0v) is 25.1. The molecular weight excluding hydrogens is 565 g/mol. The Morgan fingerprint density at radius 2 is 0.956 bits per heavy atom. The van der Waals surface area contributed by atoms with Crippen LogP contribution in [0.15, 0.2) is 158 Å². The summed E-state index contributed by atoms with van der Waals surface area (Å²) < 4.78 is 7.49. The average Bonchev–Trinajstić information content (AvgIpc) is 3.76. The maximum absolute atomic E-state index is 2.46. The Hall–Kier alpha value is -5.64. The van der Waals surface area contributed by atoms with Crippen molar-refractivity contribution in [3.05, 3.63) is 158 Å². The maximum Gasteiger partial charge on any atom is 0.0634 e. The van der Waals surface area contributed by atoms with E-state index in [1.165, 1.54) is 86.3 Å². The van der Waals surface area contributed by atoms with Gasteiger partial charge in [0.2, 0.25) is 0 Å². The lowest BCUT2D eigenvalue weighted by Gasteiger charge is -2.11. The Morgan fingerprint density at radius 1 is 0.356 bits per heavy atom. The summed E-state index contributed by atoms with van der Waals surface area (Å²) in [7, 11) is 0. The highest BCUT2D eigenvalue weighted by molar-refractivity contribution is 7.26. The molecule has 0 aliphatic heterocycles. The molecule has 0 amide bonds. The van der Waals surface area contributed by atoms with E-state index in [0.29, 0.717) is 0 Å². The molecule has 0 bridgehead atoms. The van der Waals surface area contributed by atoms with Gasteiger partial charge >= 0.3 is 0 Å². The standard InChI is InChI=1S/C42H26N2S/c1-2-10-29(11-3-1)43-36-15-7-5-13-32(36)35-26-28(20-24-38(35)43)27-18-21-30(22-19-27)44-37-16-8-4-12-31(37)33-23-25-40-41(42(33)44)34-14-6-9-17-39(34)45-40/h1-26H. The SMILES string of the molecule is c1ccc(-n2c3ccccc3c3cc(-c4ccc(-n5c6ccccc6c6ccc7sc8ccccc8c7c65)cc4)ccc32)cc1. The van der Waals surface area contributed by atoms with Gasteiger partial charge in [0.05, 0.1) is 22.1 Å². The molecule has 3 aromatic heterocycles. The summed E-state index contributed by atoms with van der Waals surface area (Å²) in [6.45, 7) is 0. The summed E-state index contributed by atoms with van der Waals surface area (Å²) in [6, 6.07) is 57.6. The molecule has 0 saturated carbocycles. The molecule has 3 heterocycles. The third kappa shape index (κ3) is 3.56. The van der Waals surface area contributed by atoms with Gasteiger partial charge < -0.3 is 9.13 Å². The summed E-state index contributed by atoms with van der Waals surface area (Å²) in [6.07, 6.45) is 0. The number of para-hydroxylation sites is 3. The molecule has 0 fully saturated rings. The van der Waals surface area contributed by atoms with Gasteiger partial charge in [-0.3, -0.25) is 0 Å². The van der Waals surface area contributed by atoms with E-state index >= 15 is 0 Å². The zero-order chi connectivity index (χ0) is 29.5. The lowest BCUT2D eigenvalue weighted by Crippen LogP contribution is -1.94. The fourth-order valence-corrected chi connectivity index (χ4v) is 8.45. The minimum atomic E-state index is 1.18. The van der Waals surface area contributed by atoms with Gasteiger partial charge in [0.25, 0.3) is 0 Å². The van der Waals surface area contributed by atoms with E-state index in [2.05, 4.69) is 167 Å². The van der Waals surface area contributed by atoms with Crippen LogP contribution in [0.4, 0.5) is 0 Å². The highest BCUT2D eigenvalue weighted by Crippen LogP contribution is 2.43. The number of aromatic nitrogens is 2. The molecule has 210 valence electrons. The first-order valence-electron chi connectivity index (χ1n) is 15.4. The molecule has 0 atom stereocenters. The highest BCUT2D eigenvalue weighted by Gasteiger charge is 2.18. The minimum Gasteiger partial charge on any atom is -0.309 e. The molecule has 0 aliphatic rings. The Bertz CT molecular complexity index is 2740. The summed E-state index contributed by atoms with van der Waals surface area (Å²) in [5.74, 6) is 0. The van der Waals surface area contributed by atoms with Crippen molar-refractivity contribution in [3.8, 4) is 22.5 Å². The number of hydrogen-bond acceptors (Lipinski definition) is 1. The third-order valence-electron chi connectivity index (χ3n) is 9.32. The van der Waals surface area contributed by atoms with Crippen molar-refractivity contribution in [2.45, 2.75) is 0 Å². The smallest absolute Gasteiger partial charge is 0.0634 e. The van der Waals surface area contributed by atoms with Crippen LogP contribution in [0.25, 0.3) is 86.3 Å². The van der Waals surface area contributed by atoms with Gasteiger partial charge in [-0.1, -0.05) is 97.1 Å². The fraction of sp³-hybridized carbons (Fsp3) is 0. The third-order valence-corrected chi connectivity index (χ3v) is 10.5. The molecule has 0 saturated heterocycles. The van der Waals surface area contributed by atoms with Crippen molar-refractivity contribution >= 4 is 75.1 Å². The summed E-state index contributed by atoms with van der Waals surface area (Å²) in [5, 5.41) is 7.79. The zero-order valence-electron chi connectivity index (χ0n) is 24.3. The summed E-state index contributed by atoms with van der Waals surface area (Å²) >= 11 is 1.88.